The lowest BCUT2D eigenvalue weighted by molar-refractivity contribution is 0.411. The lowest BCUT2D eigenvalue weighted by Crippen LogP contribution is -2.22. The minimum Gasteiger partial charge on any atom is -0.371 e. The summed E-state index contributed by atoms with van der Waals surface area (Å²) in [5.74, 6) is 0. The van der Waals surface area contributed by atoms with Crippen molar-refractivity contribution in [2.24, 2.45) is 0 Å². The first-order valence-electron chi connectivity index (χ1n) is 5.93. The van der Waals surface area contributed by atoms with Crippen LogP contribution >= 0.6 is 0 Å². The fourth-order valence-corrected chi connectivity index (χ4v) is 1.95. The van der Waals surface area contributed by atoms with Gasteiger partial charge in [-0.3, -0.25) is 0 Å². The molecule has 2 aromatic rings. The van der Waals surface area contributed by atoms with Crippen molar-refractivity contribution >= 4 is 11.4 Å². The first-order chi connectivity index (χ1) is 8.43. The summed E-state index contributed by atoms with van der Waals surface area (Å²) in [6.07, 6.45) is 0.385. The molecular formula is C15H15NO. The smallest absolute Gasteiger partial charge is 0.0988 e. The molecule has 0 saturated carbocycles. The second-order valence-electron chi connectivity index (χ2n) is 4.24. The third-order valence-electron chi connectivity index (χ3n) is 2.92. The fraction of sp³-hybridized carbons (Fsp3) is 0.200. The van der Waals surface area contributed by atoms with Gasteiger partial charge in [0.25, 0.3) is 0 Å². The molecule has 1 fully saturated rings. The Bertz CT molecular complexity index is 425. The van der Waals surface area contributed by atoms with Crippen molar-refractivity contribution in [3.8, 4) is 0 Å². The number of para-hydroxylation sites is 2. The van der Waals surface area contributed by atoms with Gasteiger partial charge in [-0.1, -0.05) is 36.4 Å². The summed E-state index contributed by atoms with van der Waals surface area (Å²) in [6.45, 7) is 1.81. The van der Waals surface area contributed by atoms with Crippen LogP contribution < -0.4 is 4.90 Å². The maximum absolute atomic E-state index is 5.34. The second-order valence-corrected chi connectivity index (χ2v) is 4.24. The van der Waals surface area contributed by atoms with E-state index in [0.29, 0.717) is 6.10 Å². The minimum atomic E-state index is 0.385. The molecule has 2 heteroatoms. The molecule has 1 atom stereocenters. The third kappa shape index (κ3) is 2.48. The zero-order valence-electron chi connectivity index (χ0n) is 9.62. The zero-order valence-corrected chi connectivity index (χ0v) is 9.62. The Morgan fingerprint density at radius 3 is 1.76 bits per heavy atom. The molecule has 0 spiro atoms. The molecule has 1 saturated heterocycles. The van der Waals surface area contributed by atoms with E-state index in [1.807, 2.05) is 12.1 Å². The summed E-state index contributed by atoms with van der Waals surface area (Å²) in [5, 5.41) is 0. The standard InChI is InChI=1S/C15H15NO/c1-3-7-13(8-4-1)16(11-15-12-17-15)14-9-5-2-6-10-14/h1-10,15H,11-12H2/t15-/m0/s1. The van der Waals surface area contributed by atoms with Crippen LogP contribution in [0.1, 0.15) is 0 Å². The highest BCUT2D eigenvalue weighted by molar-refractivity contribution is 5.63. The van der Waals surface area contributed by atoms with E-state index in [1.54, 1.807) is 0 Å². The van der Waals surface area contributed by atoms with Crippen molar-refractivity contribution in [3.63, 3.8) is 0 Å². The van der Waals surface area contributed by atoms with Crippen LogP contribution in [0.25, 0.3) is 0 Å². The Labute approximate surface area is 101 Å². The van der Waals surface area contributed by atoms with E-state index in [2.05, 4.69) is 53.4 Å². The van der Waals surface area contributed by atoms with Gasteiger partial charge in [0.05, 0.1) is 19.3 Å². The van der Waals surface area contributed by atoms with Crippen molar-refractivity contribution in [1.82, 2.24) is 0 Å². The molecule has 0 radical (unpaired) electrons. The largest absolute Gasteiger partial charge is 0.371 e. The van der Waals surface area contributed by atoms with Crippen LogP contribution in [-0.2, 0) is 4.74 Å². The summed E-state index contributed by atoms with van der Waals surface area (Å²) in [7, 11) is 0. The number of anilines is 2. The lowest BCUT2D eigenvalue weighted by atomic mass is 10.2. The van der Waals surface area contributed by atoms with Gasteiger partial charge in [0, 0.05) is 11.4 Å². The van der Waals surface area contributed by atoms with Crippen molar-refractivity contribution in [2.45, 2.75) is 6.10 Å². The number of hydrogen-bond acceptors (Lipinski definition) is 2. The average Bonchev–Trinajstić information content (AvgIpc) is 3.22. The van der Waals surface area contributed by atoms with Crippen LogP contribution in [0.2, 0.25) is 0 Å². The Hall–Kier alpha value is -1.80. The van der Waals surface area contributed by atoms with E-state index < -0.39 is 0 Å². The molecule has 0 bridgehead atoms. The molecule has 0 amide bonds. The van der Waals surface area contributed by atoms with Crippen molar-refractivity contribution in [2.75, 3.05) is 18.1 Å². The number of epoxide rings is 1. The molecule has 2 nitrogen and oxygen atoms in total. The quantitative estimate of drug-likeness (QED) is 0.742. The zero-order chi connectivity index (χ0) is 11.5. The van der Waals surface area contributed by atoms with Gasteiger partial charge < -0.3 is 9.64 Å². The molecule has 1 aliphatic heterocycles. The van der Waals surface area contributed by atoms with E-state index in [1.165, 1.54) is 11.4 Å². The molecule has 1 aliphatic rings. The SMILES string of the molecule is c1ccc(N(C[C@H]2CO2)c2ccccc2)cc1. The van der Waals surface area contributed by atoms with Crippen molar-refractivity contribution in [3.05, 3.63) is 60.7 Å². The Kier molecular flexibility index (Phi) is 2.80. The number of ether oxygens (including phenoxy) is 1. The first-order valence-corrected chi connectivity index (χ1v) is 5.93. The van der Waals surface area contributed by atoms with Crippen LogP contribution in [-0.4, -0.2) is 19.3 Å². The highest BCUT2D eigenvalue weighted by atomic mass is 16.6. The van der Waals surface area contributed by atoms with Gasteiger partial charge in [0.1, 0.15) is 0 Å². The van der Waals surface area contributed by atoms with E-state index in [0.717, 1.165) is 13.2 Å². The summed E-state index contributed by atoms with van der Waals surface area (Å²) in [4.78, 5) is 2.30. The average molecular weight is 225 g/mol. The summed E-state index contributed by atoms with van der Waals surface area (Å²) >= 11 is 0. The van der Waals surface area contributed by atoms with E-state index in [-0.39, 0.29) is 0 Å². The van der Waals surface area contributed by atoms with Crippen LogP contribution in [0.15, 0.2) is 60.7 Å². The molecule has 2 aromatic carbocycles. The minimum absolute atomic E-state index is 0.385. The van der Waals surface area contributed by atoms with Gasteiger partial charge in [-0.05, 0) is 24.3 Å². The molecule has 17 heavy (non-hydrogen) atoms. The number of benzene rings is 2. The normalized spacial score (nSPS) is 17.8. The maximum atomic E-state index is 5.34. The van der Waals surface area contributed by atoms with Crippen molar-refractivity contribution < 1.29 is 4.74 Å². The predicted octanol–water partition coefficient (Wildman–Crippen LogP) is 3.22. The highest BCUT2D eigenvalue weighted by Crippen LogP contribution is 2.27. The van der Waals surface area contributed by atoms with E-state index in [9.17, 15) is 0 Å². The lowest BCUT2D eigenvalue weighted by Gasteiger charge is -2.24. The Morgan fingerprint density at radius 2 is 1.35 bits per heavy atom. The van der Waals surface area contributed by atoms with Gasteiger partial charge in [0.15, 0.2) is 0 Å². The number of nitrogens with zero attached hydrogens (tertiary/aromatic N) is 1. The number of hydrogen-bond donors (Lipinski definition) is 0. The maximum Gasteiger partial charge on any atom is 0.0988 e. The van der Waals surface area contributed by atoms with Gasteiger partial charge >= 0.3 is 0 Å². The fourth-order valence-electron chi connectivity index (χ4n) is 1.95. The Morgan fingerprint density at radius 1 is 0.882 bits per heavy atom. The summed E-state index contributed by atoms with van der Waals surface area (Å²) in [5.41, 5.74) is 2.43. The van der Waals surface area contributed by atoms with E-state index in [4.69, 9.17) is 4.74 Å². The monoisotopic (exact) mass is 225 g/mol. The van der Waals surface area contributed by atoms with Crippen LogP contribution in [0.5, 0.6) is 0 Å². The molecule has 0 aromatic heterocycles. The third-order valence-corrected chi connectivity index (χ3v) is 2.92. The molecule has 0 unspecified atom stereocenters. The van der Waals surface area contributed by atoms with Gasteiger partial charge in [-0.2, -0.15) is 0 Å². The van der Waals surface area contributed by atoms with Gasteiger partial charge in [-0.25, -0.2) is 0 Å². The molecule has 3 rings (SSSR count). The van der Waals surface area contributed by atoms with E-state index >= 15 is 0 Å². The topological polar surface area (TPSA) is 15.8 Å². The van der Waals surface area contributed by atoms with Crippen LogP contribution in [0.3, 0.4) is 0 Å². The number of rotatable bonds is 4. The second kappa shape index (κ2) is 4.60. The molecule has 0 N–H and O–H groups in total. The molecular weight excluding hydrogens is 210 g/mol. The highest BCUT2D eigenvalue weighted by Gasteiger charge is 2.26. The first kappa shape index (κ1) is 10.4. The summed E-state index contributed by atoms with van der Waals surface area (Å²) < 4.78 is 5.34. The van der Waals surface area contributed by atoms with Crippen LogP contribution in [0.4, 0.5) is 11.4 Å². The van der Waals surface area contributed by atoms with Crippen LogP contribution in [0, 0.1) is 0 Å². The van der Waals surface area contributed by atoms with Gasteiger partial charge in [0.2, 0.25) is 0 Å². The summed E-state index contributed by atoms with van der Waals surface area (Å²) in [6, 6.07) is 20.9. The predicted molar refractivity (Wildman–Crippen MR) is 69.6 cm³/mol. The molecule has 0 aliphatic carbocycles. The van der Waals surface area contributed by atoms with Gasteiger partial charge in [-0.15, -0.1) is 0 Å². The molecule has 1 heterocycles. The Balaban J connectivity index is 1.91. The molecule has 86 valence electrons. The van der Waals surface area contributed by atoms with Crippen molar-refractivity contribution in [1.29, 1.82) is 0 Å².